The second-order valence-corrected chi connectivity index (χ2v) is 6.33. The maximum absolute atomic E-state index is 13.4. The number of unbranched alkanes of at least 4 members (excludes halogenated alkanes) is 2. The summed E-state index contributed by atoms with van der Waals surface area (Å²) in [6.07, 6.45) is 4.90. The highest BCUT2D eigenvalue weighted by molar-refractivity contribution is 9.10. The van der Waals surface area contributed by atoms with Crippen LogP contribution in [0.1, 0.15) is 44.2 Å². The molecule has 20 heavy (non-hydrogen) atoms. The lowest BCUT2D eigenvalue weighted by molar-refractivity contribution is 0.162. The van der Waals surface area contributed by atoms with Crippen molar-refractivity contribution in [3.63, 3.8) is 0 Å². The molecule has 0 radical (unpaired) electrons. The average Bonchev–Trinajstić information content (AvgIpc) is 2.48. The maximum atomic E-state index is 13.4. The first kappa shape index (κ1) is 15.9. The molecular weight excluding hydrogens is 319 g/mol. The standard InChI is InChI=1S/C16H24BrFN2/c1-2-3-4-5-16(20-10-8-19-9-11-20)13-6-7-15(18)14(17)12-13/h6-7,12,16,19H,2-5,8-11H2,1H3/t16-/m1/s1. The normalized spacial score (nSPS) is 18.1. The molecule has 0 bridgehead atoms. The van der Waals surface area contributed by atoms with Crippen molar-refractivity contribution in [2.75, 3.05) is 26.2 Å². The molecule has 1 aromatic rings. The van der Waals surface area contributed by atoms with E-state index in [9.17, 15) is 4.39 Å². The Hall–Kier alpha value is -0.450. The van der Waals surface area contributed by atoms with Gasteiger partial charge in [0, 0.05) is 32.2 Å². The number of hydrogen-bond donors (Lipinski definition) is 1. The molecule has 1 aliphatic rings. The molecule has 2 rings (SSSR count). The molecule has 2 nitrogen and oxygen atoms in total. The van der Waals surface area contributed by atoms with Crippen LogP contribution in [0, 0.1) is 5.82 Å². The van der Waals surface area contributed by atoms with Gasteiger partial charge in [0.05, 0.1) is 4.47 Å². The fraction of sp³-hybridized carbons (Fsp3) is 0.625. The summed E-state index contributed by atoms with van der Waals surface area (Å²) in [5, 5.41) is 3.40. The first-order valence-electron chi connectivity index (χ1n) is 7.62. The number of halogens is 2. The van der Waals surface area contributed by atoms with Crippen LogP contribution in [0.3, 0.4) is 0 Å². The molecule has 1 saturated heterocycles. The molecule has 1 heterocycles. The summed E-state index contributed by atoms with van der Waals surface area (Å²) in [6.45, 7) is 6.48. The zero-order valence-corrected chi connectivity index (χ0v) is 13.8. The second kappa shape index (κ2) is 8.11. The molecule has 1 aliphatic heterocycles. The Labute approximate surface area is 129 Å². The summed E-state index contributed by atoms with van der Waals surface area (Å²) in [6, 6.07) is 5.89. The van der Waals surface area contributed by atoms with Gasteiger partial charge in [-0.2, -0.15) is 0 Å². The molecule has 0 aromatic heterocycles. The monoisotopic (exact) mass is 342 g/mol. The number of nitrogens with zero attached hydrogens (tertiary/aromatic N) is 1. The quantitative estimate of drug-likeness (QED) is 0.782. The third-order valence-corrected chi connectivity index (χ3v) is 4.61. The van der Waals surface area contributed by atoms with Gasteiger partial charge in [0.25, 0.3) is 0 Å². The van der Waals surface area contributed by atoms with Gasteiger partial charge in [0.1, 0.15) is 5.82 Å². The molecule has 1 N–H and O–H groups in total. The first-order valence-corrected chi connectivity index (χ1v) is 8.41. The van der Waals surface area contributed by atoms with Crippen LogP contribution in [0.5, 0.6) is 0 Å². The van der Waals surface area contributed by atoms with Crippen molar-refractivity contribution in [1.29, 1.82) is 0 Å². The number of piperazine rings is 1. The molecular formula is C16H24BrFN2. The minimum Gasteiger partial charge on any atom is -0.314 e. The molecule has 1 fully saturated rings. The largest absolute Gasteiger partial charge is 0.314 e. The second-order valence-electron chi connectivity index (χ2n) is 5.47. The Morgan fingerprint density at radius 1 is 1.30 bits per heavy atom. The van der Waals surface area contributed by atoms with Crippen LogP contribution < -0.4 is 5.32 Å². The van der Waals surface area contributed by atoms with Crippen LogP contribution >= 0.6 is 15.9 Å². The van der Waals surface area contributed by atoms with Crippen molar-refractivity contribution in [1.82, 2.24) is 10.2 Å². The minimum atomic E-state index is -0.179. The lowest BCUT2D eigenvalue weighted by Crippen LogP contribution is -2.45. The number of rotatable bonds is 6. The Kier molecular flexibility index (Phi) is 6.46. The Morgan fingerprint density at radius 2 is 2.05 bits per heavy atom. The third kappa shape index (κ3) is 4.27. The van der Waals surface area contributed by atoms with E-state index in [0.717, 1.165) is 32.6 Å². The highest BCUT2D eigenvalue weighted by atomic mass is 79.9. The van der Waals surface area contributed by atoms with E-state index in [1.54, 1.807) is 6.07 Å². The molecule has 0 saturated carbocycles. The zero-order chi connectivity index (χ0) is 14.4. The van der Waals surface area contributed by atoms with E-state index in [2.05, 4.69) is 33.1 Å². The Morgan fingerprint density at radius 3 is 2.70 bits per heavy atom. The van der Waals surface area contributed by atoms with E-state index >= 15 is 0 Å². The number of hydrogen-bond acceptors (Lipinski definition) is 2. The Bertz CT molecular complexity index is 419. The molecule has 1 atom stereocenters. The van der Waals surface area contributed by atoms with Gasteiger partial charge in [-0.3, -0.25) is 4.90 Å². The van der Waals surface area contributed by atoms with Gasteiger partial charge in [-0.25, -0.2) is 4.39 Å². The smallest absolute Gasteiger partial charge is 0.137 e. The van der Waals surface area contributed by atoms with E-state index in [1.807, 2.05) is 12.1 Å². The van der Waals surface area contributed by atoms with Crippen molar-refractivity contribution >= 4 is 15.9 Å². The maximum Gasteiger partial charge on any atom is 0.137 e. The van der Waals surface area contributed by atoms with Gasteiger partial charge in [-0.05, 0) is 40.0 Å². The van der Waals surface area contributed by atoms with Crippen LogP contribution in [0.25, 0.3) is 0 Å². The molecule has 0 aliphatic carbocycles. The fourth-order valence-electron chi connectivity index (χ4n) is 2.86. The van der Waals surface area contributed by atoms with E-state index in [1.165, 1.54) is 24.8 Å². The summed E-state index contributed by atoms with van der Waals surface area (Å²) < 4.78 is 14.0. The number of nitrogens with one attached hydrogen (secondary N) is 1. The van der Waals surface area contributed by atoms with Crippen molar-refractivity contribution in [2.45, 2.75) is 38.6 Å². The summed E-state index contributed by atoms with van der Waals surface area (Å²) in [4.78, 5) is 2.53. The molecule has 0 unspecified atom stereocenters. The van der Waals surface area contributed by atoms with Crippen molar-refractivity contribution < 1.29 is 4.39 Å². The third-order valence-electron chi connectivity index (χ3n) is 4.00. The first-order chi connectivity index (χ1) is 9.72. The zero-order valence-electron chi connectivity index (χ0n) is 12.2. The van der Waals surface area contributed by atoms with Crippen molar-refractivity contribution in [3.8, 4) is 0 Å². The van der Waals surface area contributed by atoms with Gasteiger partial charge in [0.15, 0.2) is 0 Å². The van der Waals surface area contributed by atoms with Gasteiger partial charge in [-0.15, -0.1) is 0 Å². The Balaban J connectivity index is 2.12. The minimum absolute atomic E-state index is 0.179. The topological polar surface area (TPSA) is 15.3 Å². The van der Waals surface area contributed by atoms with Gasteiger partial charge < -0.3 is 5.32 Å². The predicted molar refractivity (Wildman–Crippen MR) is 85.4 cm³/mol. The number of benzene rings is 1. The van der Waals surface area contributed by atoms with Crippen molar-refractivity contribution in [3.05, 3.63) is 34.1 Å². The van der Waals surface area contributed by atoms with Gasteiger partial charge in [0.2, 0.25) is 0 Å². The lowest BCUT2D eigenvalue weighted by Gasteiger charge is -2.35. The van der Waals surface area contributed by atoms with Crippen molar-refractivity contribution in [2.24, 2.45) is 0 Å². The highest BCUT2D eigenvalue weighted by Gasteiger charge is 2.22. The molecule has 112 valence electrons. The van der Waals surface area contributed by atoms with E-state index in [4.69, 9.17) is 0 Å². The van der Waals surface area contributed by atoms with Crippen LogP contribution in [0.2, 0.25) is 0 Å². The van der Waals surface area contributed by atoms with Crippen LogP contribution in [-0.4, -0.2) is 31.1 Å². The molecule has 0 spiro atoms. The summed E-state index contributed by atoms with van der Waals surface area (Å²) in [5.41, 5.74) is 1.23. The summed E-state index contributed by atoms with van der Waals surface area (Å²) >= 11 is 3.31. The summed E-state index contributed by atoms with van der Waals surface area (Å²) in [7, 11) is 0. The summed E-state index contributed by atoms with van der Waals surface area (Å²) in [5.74, 6) is -0.179. The SMILES string of the molecule is CCCCC[C@H](c1ccc(F)c(Br)c1)N1CCNCC1. The highest BCUT2D eigenvalue weighted by Crippen LogP contribution is 2.29. The van der Waals surface area contributed by atoms with Crippen LogP contribution in [0.15, 0.2) is 22.7 Å². The lowest BCUT2D eigenvalue weighted by atomic mass is 9.98. The molecule has 1 aromatic carbocycles. The molecule has 4 heteroatoms. The van der Waals surface area contributed by atoms with Crippen LogP contribution in [0.4, 0.5) is 4.39 Å². The predicted octanol–water partition coefficient (Wildman–Crippen LogP) is 4.11. The van der Waals surface area contributed by atoms with Crippen LogP contribution in [-0.2, 0) is 0 Å². The van der Waals surface area contributed by atoms with E-state index < -0.39 is 0 Å². The van der Waals surface area contributed by atoms with E-state index in [0.29, 0.717) is 10.5 Å². The molecule has 0 amide bonds. The van der Waals surface area contributed by atoms with Gasteiger partial charge >= 0.3 is 0 Å². The average molecular weight is 343 g/mol. The fourth-order valence-corrected chi connectivity index (χ4v) is 3.26. The van der Waals surface area contributed by atoms with Gasteiger partial charge in [-0.1, -0.05) is 32.3 Å². The van der Waals surface area contributed by atoms with E-state index in [-0.39, 0.29) is 5.82 Å².